The summed E-state index contributed by atoms with van der Waals surface area (Å²) in [6.07, 6.45) is 3.83. The molecule has 0 aliphatic heterocycles. The number of carboxylic acids is 1. The van der Waals surface area contributed by atoms with E-state index in [1.165, 1.54) is 4.90 Å². The van der Waals surface area contributed by atoms with Gasteiger partial charge in [0, 0.05) is 6.04 Å². The SMILES string of the molecule is CCCC(C)(C(=O)O)N(C=O)C1CC1. The quantitative estimate of drug-likeness (QED) is 0.655. The topological polar surface area (TPSA) is 57.6 Å². The van der Waals surface area contributed by atoms with Crippen LogP contribution in [0.2, 0.25) is 0 Å². The van der Waals surface area contributed by atoms with Crippen LogP contribution in [0, 0.1) is 0 Å². The summed E-state index contributed by atoms with van der Waals surface area (Å²) in [5.74, 6) is -0.904. The number of nitrogens with zero attached hydrogens (tertiary/aromatic N) is 1. The van der Waals surface area contributed by atoms with Crippen LogP contribution in [0.3, 0.4) is 0 Å². The van der Waals surface area contributed by atoms with Crippen LogP contribution >= 0.6 is 0 Å². The van der Waals surface area contributed by atoms with Crippen molar-refractivity contribution in [1.29, 1.82) is 0 Å². The molecule has 1 rings (SSSR count). The maximum atomic E-state index is 11.1. The van der Waals surface area contributed by atoms with Gasteiger partial charge in [-0.05, 0) is 26.2 Å². The van der Waals surface area contributed by atoms with Crippen LogP contribution in [0.15, 0.2) is 0 Å². The molecule has 1 aliphatic rings. The Kier molecular flexibility index (Phi) is 3.13. The van der Waals surface area contributed by atoms with Gasteiger partial charge in [0.15, 0.2) is 0 Å². The molecule has 4 heteroatoms. The van der Waals surface area contributed by atoms with E-state index in [0.29, 0.717) is 12.8 Å². The van der Waals surface area contributed by atoms with Crippen molar-refractivity contribution >= 4 is 12.4 Å². The summed E-state index contributed by atoms with van der Waals surface area (Å²) in [6, 6.07) is 0.153. The normalized spacial score (nSPS) is 19.9. The first-order valence-electron chi connectivity index (χ1n) is 5.03. The first-order valence-corrected chi connectivity index (χ1v) is 5.03. The molecule has 1 unspecified atom stereocenters. The molecule has 1 atom stereocenters. The lowest BCUT2D eigenvalue weighted by Gasteiger charge is -2.35. The summed E-state index contributed by atoms with van der Waals surface area (Å²) in [4.78, 5) is 23.5. The zero-order chi connectivity index (χ0) is 10.8. The molecule has 0 aromatic heterocycles. The van der Waals surface area contributed by atoms with Crippen molar-refractivity contribution in [2.45, 2.75) is 51.1 Å². The molecule has 0 heterocycles. The molecule has 1 amide bonds. The van der Waals surface area contributed by atoms with Crippen molar-refractivity contribution in [3.8, 4) is 0 Å². The van der Waals surface area contributed by atoms with E-state index in [0.717, 1.165) is 19.3 Å². The fourth-order valence-electron chi connectivity index (χ4n) is 1.79. The maximum Gasteiger partial charge on any atom is 0.329 e. The van der Waals surface area contributed by atoms with Gasteiger partial charge in [-0.15, -0.1) is 0 Å². The average molecular weight is 199 g/mol. The molecule has 1 saturated carbocycles. The van der Waals surface area contributed by atoms with Gasteiger partial charge in [-0.2, -0.15) is 0 Å². The van der Waals surface area contributed by atoms with Crippen LogP contribution in [0.4, 0.5) is 0 Å². The van der Waals surface area contributed by atoms with Gasteiger partial charge in [-0.25, -0.2) is 4.79 Å². The average Bonchev–Trinajstić information content (AvgIpc) is 2.89. The number of carboxylic acid groups (broad SMARTS) is 1. The smallest absolute Gasteiger partial charge is 0.329 e. The van der Waals surface area contributed by atoms with Crippen molar-refractivity contribution < 1.29 is 14.7 Å². The van der Waals surface area contributed by atoms with Crippen molar-refractivity contribution in [2.75, 3.05) is 0 Å². The molecular formula is C10H17NO3. The molecule has 0 saturated heterocycles. The van der Waals surface area contributed by atoms with E-state index < -0.39 is 11.5 Å². The van der Waals surface area contributed by atoms with E-state index >= 15 is 0 Å². The minimum Gasteiger partial charge on any atom is -0.480 e. The van der Waals surface area contributed by atoms with Gasteiger partial charge >= 0.3 is 5.97 Å². The fraction of sp³-hybridized carbons (Fsp3) is 0.800. The minimum atomic E-state index is -1.02. The van der Waals surface area contributed by atoms with Gasteiger partial charge in [0.2, 0.25) is 6.41 Å². The second-order valence-corrected chi connectivity index (χ2v) is 4.07. The van der Waals surface area contributed by atoms with E-state index in [9.17, 15) is 9.59 Å². The highest BCUT2D eigenvalue weighted by Gasteiger charge is 2.45. The lowest BCUT2D eigenvalue weighted by atomic mass is 9.94. The van der Waals surface area contributed by atoms with E-state index in [1.807, 2.05) is 6.92 Å². The molecule has 14 heavy (non-hydrogen) atoms. The lowest BCUT2D eigenvalue weighted by molar-refractivity contribution is -0.155. The van der Waals surface area contributed by atoms with Crippen molar-refractivity contribution in [2.24, 2.45) is 0 Å². The number of carbonyl (C=O) groups is 2. The highest BCUT2D eigenvalue weighted by atomic mass is 16.4. The van der Waals surface area contributed by atoms with Crippen LogP contribution < -0.4 is 0 Å². The molecule has 80 valence electrons. The summed E-state index contributed by atoms with van der Waals surface area (Å²) >= 11 is 0. The van der Waals surface area contributed by atoms with Gasteiger partial charge in [0.25, 0.3) is 0 Å². The van der Waals surface area contributed by atoms with Gasteiger partial charge in [-0.3, -0.25) is 4.79 Å². The maximum absolute atomic E-state index is 11.1. The van der Waals surface area contributed by atoms with Crippen LogP contribution in [-0.2, 0) is 9.59 Å². The van der Waals surface area contributed by atoms with Gasteiger partial charge in [-0.1, -0.05) is 13.3 Å². The lowest BCUT2D eigenvalue weighted by Crippen LogP contribution is -2.52. The Morgan fingerprint density at radius 1 is 1.64 bits per heavy atom. The number of carbonyl (C=O) groups excluding carboxylic acids is 1. The first-order chi connectivity index (χ1) is 6.56. The first kappa shape index (κ1) is 11.0. The summed E-state index contributed by atoms with van der Waals surface area (Å²) in [6.45, 7) is 3.56. The fourth-order valence-corrected chi connectivity index (χ4v) is 1.79. The molecule has 0 aromatic carbocycles. The number of hydrogen-bond acceptors (Lipinski definition) is 2. The Bertz CT molecular complexity index is 238. The van der Waals surface area contributed by atoms with Crippen molar-refractivity contribution in [3.05, 3.63) is 0 Å². The van der Waals surface area contributed by atoms with Gasteiger partial charge < -0.3 is 10.0 Å². The molecule has 1 N–H and O–H groups in total. The van der Waals surface area contributed by atoms with Crippen LogP contribution in [0.25, 0.3) is 0 Å². The van der Waals surface area contributed by atoms with Crippen molar-refractivity contribution in [3.63, 3.8) is 0 Å². The molecule has 1 aliphatic carbocycles. The molecule has 4 nitrogen and oxygen atoms in total. The largest absolute Gasteiger partial charge is 0.480 e. The summed E-state index contributed by atoms with van der Waals surface area (Å²) < 4.78 is 0. The Labute approximate surface area is 83.9 Å². The second kappa shape index (κ2) is 3.98. The highest BCUT2D eigenvalue weighted by Crippen LogP contribution is 2.33. The summed E-state index contributed by atoms with van der Waals surface area (Å²) in [7, 11) is 0. The van der Waals surface area contributed by atoms with Crippen molar-refractivity contribution in [1.82, 2.24) is 4.90 Å². The number of amides is 1. The van der Waals surface area contributed by atoms with Crippen LogP contribution in [0.1, 0.15) is 39.5 Å². The number of aliphatic carboxylic acids is 1. The number of rotatable bonds is 6. The Morgan fingerprint density at radius 3 is 2.50 bits per heavy atom. The predicted octanol–water partition coefficient (Wildman–Crippen LogP) is 1.25. The Balaban J connectivity index is 2.82. The molecule has 0 radical (unpaired) electrons. The third-order valence-electron chi connectivity index (χ3n) is 2.82. The molecule has 1 fully saturated rings. The zero-order valence-corrected chi connectivity index (χ0v) is 8.69. The summed E-state index contributed by atoms with van der Waals surface area (Å²) in [5.41, 5.74) is -1.02. The predicted molar refractivity (Wildman–Crippen MR) is 51.9 cm³/mol. The Morgan fingerprint density at radius 2 is 2.21 bits per heavy atom. The second-order valence-electron chi connectivity index (χ2n) is 4.07. The molecule has 0 bridgehead atoms. The van der Waals surface area contributed by atoms with E-state index in [1.54, 1.807) is 6.92 Å². The zero-order valence-electron chi connectivity index (χ0n) is 8.69. The molecule has 0 spiro atoms. The summed E-state index contributed by atoms with van der Waals surface area (Å²) in [5, 5.41) is 9.14. The monoisotopic (exact) mass is 199 g/mol. The van der Waals surface area contributed by atoms with Crippen LogP contribution in [-0.4, -0.2) is 34.0 Å². The van der Waals surface area contributed by atoms with E-state index in [-0.39, 0.29) is 6.04 Å². The third kappa shape index (κ3) is 1.89. The number of hydrogen-bond donors (Lipinski definition) is 1. The standard InChI is InChI=1S/C10H17NO3/c1-3-6-10(2,9(13)14)11(7-12)8-4-5-8/h7-8H,3-6H2,1-2H3,(H,13,14). The van der Waals surface area contributed by atoms with Crippen LogP contribution in [0.5, 0.6) is 0 Å². The minimum absolute atomic E-state index is 0.153. The van der Waals surface area contributed by atoms with E-state index in [4.69, 9.17) is 5.11 Å². The van der Waals surface area contributed by atoms with Gasteiger partial charge in [0.1, 0.15) is 5.54 Å². The third-order valence-corrected chi connectivity index (χ3v) is 2.82. The molecule has 0 aromatic rings. The molecular weight excluding hydrogens is 182 g/mol. The van der Waals surface area contributed by atoms with Gasteiger partial charge in [0.05, 0.1) is 0 Å². The Hall–Kier alpha value is -1.06. The van der Waals surface area contributed by atoms with E-state index in [2.05, 4.69) is 0 Å². The highest BCUT2D eigenvalue weighted by molar-refractivity contribution is 5.81.